The minimum absolute atomic E-state index is 0.00990. The Balaban J connectivity index is 2.06. The lowest BCUT2D eigenvalue weighted by Crippen LogP contribution is -2.32. The van der Waals surface area contributed by atoms with E-state index in [1.165, 1.54) is 0 Å². The van der Waals surface area contributed by atoms with Crippen LogP contribution in [0.25, 0.3) is 0 Å². The lowest BCUT2D eigenvalue weighted by molar-refractivity contribution is -0.0226. The number of rotatable bonds is 7. The monoisotopic (exact) mass is 313 g/mol. The Hall–Kier alpha value is -1.05. The van der Waals surface area contributed by atoms with Gasteiger partial charge in [0.1, 0.15) is 17.5 Å². The first-order valence-electron chi connectivity index (χ1n) is 7.38. The van der Waals surface area contributed by atoms with Crippen molar-refractivity contribution in [3.05, 3.63) is 22.7 Å². The summed E-state index contributed by atoms with van der Waals surface area (Å²) < 4.78 is 12.7. The summed E-state index contributed by atoms with van der Waals surface area (Å²) in [5.74, 6) is 1.46. The summed E-state index contributed by atoms with van der Waals surface area (Å²) in [5, 5.41) is 0. The van der Waals surface area contributed by atoms with Gasteiger partial charge in [0.05, 0.1) is 6.61 Å². The Morgan fingerprint density at radius 3 is 2.86 bits per heavy atom. The molecule has 0 radical (unpaired) electrons. The maximum Gasteiger partial charge on any atom is 0.351 e. The van der Waals surface area contributed by atoms with E-state index in [1.807, 2.05) is 31.7 Å². The van der Waals surface area contributed by atoms with E-state index in [9.17, 15) is 4.79 Å². The number of aromatic nitrogens is 2. The van der Waals surface area contributed by atoms with E-state index in [0.717, 1.165) is 24.7 Å². The number of nitrogens with zero attached hydrogens (tertiary/aromatic N) is 3. The van der Waals surface area contributed by atoms with Gasteiger partial charge in [0.25, 0.3) is 0 Å². The molecule has 0 spiro atoms. The zero-order valence-corrected chi connectivity index (χ0v) is 13.6. The molecule has 0 saturated carbocycles. The molecule has 118 valence electrons. The van der Waals surface area contributed by atoms with Crippen LogP contribution in [0.1, 0.15) is 27.0 Å². The van der Waals surface area contributed by atoms with Crippen LogP contribution in [0.4, 0.5) is 5.82 Å². The van der Waals surface area contributed by atoms with E-state index in [4.69, 9.17) is 9.47 Å². The summed E-state index contributed by atoms with van der Waals surface area (Å²) in [7, 11) is 0. The predicted octanol–water partition coefficient (Wildman–Crippen LogP) is 1.71. The Morgan fingerprint density at radius 1 is 1.48 bits per heavy atom. The van der Waals surface area contributed by atoms with Gasteiger partial charge in [-0.2, -0.15) is 4.98 Å². The number of hydrogen-bond donors (Lipinski definition) is 0. The van der Waals surface area contributed by atoms with Crippen LogP contribution in [0.3, 0.4) is 0 Å². The SMILES string of the molecule is CCOC[C@@H]1O[C@H](n2ccc(N(CC)CC)nc2=O)CS1. The minimum atomic E-state index is -0.262. The molecule has 2 heterocycles. The van der Waals surface area contributed by atoms with Gasteiger partial charge >= 0.3 is 5.69 Å². The van der Waals surface area contributed by atoms with Gasteiger partial charge in [-0.3, -0.25) is 4.57 Å². The number of ether oxygens (including phenoxy) is 2. The first-order chi connectivity index (χ1) is 10.2. The van der Waals surface area contributed by atoms with Crippen LogP contribution in [0.5, 0.6) is 0 Å². The Kier molecular flexibility index (Phi) is 6.08. The summed E-state index contributed by atoms with van der Waals surface area (Å²) in [5.41, 5.74) is -0.272. The van der Waals surface area contributed by atoms with Gasteiger partial charge in [-0.1, -0.05) is 0 Å². The summed E-state index contributed by atoms with van der Waals surface area (Å²) in [6.07, 6.45) is 1.52. The van der Waals surface area contributed by atoms with E-state index in [-0.39, 0.29) is 17.4 Å². The van der Waals surface area contributed by atoms with E-state index in [2.05, 4.69) is 4.98 Å². The highest BCUT2D eigenvalue weighted by molar-refractivity contribution is 8.00. The van der Waals surface area contributed by atoms with Crippen molar-refractivity contribution in [3.63, 3.8) is 0 Å². The third kappa shape index (κ3) is 3.99. The fourth-order valence-electron chi connectivity index (χ4n) is 2.24. The molecule has 1 aromatic rings. The van der Waals surface area contributed by atoms with Gasteiger partial charge in [0.15, 0.2) is 0 Å². The molecular weight excluding hydrogens is 290 g/mol. The molecule has 0 aromatic carbocycles. The lowest BCUT2D eigenvalue weighted by Gasteiger charge is -2.20. The van der Waals surface area contributed by atoms with Crippen LogP contribution in [-0.2, 0) is 9.47 Å². The van der Waals surface area contributed by atoms with E-state index >= 15 is 0 Å². The van der Waals surface area contributed by atoms with Gasteiger partial charge in [-0.15, -0.1) is 11.8 Å². The maximum atomic E-state index is 12.2. The zero-order valence-electron chi connectivity index (χ0n) is 12.8. The minimum Gasteiger partial charge on any atom is -0.378 e. The highest BCUT2D eigenvalue weighted by Crippen LogP contribution is 2.31. The standard InChI is InChI=1S/C14H23N3O3S/c1-4-16(5-2)11-7-8-17(14(18)15-11)12-10-21-13(20-12)9-19-6-3/h7-8,12-13H,4-6,9-10H2,1-3H3/t12-,13+/m0/s1. The molecule has 2 rings (SSSR count). The molecule has 0 amide bonds. The van der Waals surface area contributed by atoms with Crippen molar-refractivity contribution in [3.8, 4) is 0 Å². The van der Waals surface area contributed by atoms with Crippen molar-refractivity contribution in [2.45, 2.75) is 32.4 Å². The third-order valence-electron chi connectivity index (χ3n) is 3.40. The second-order valence-electron chi connectivity index (χ2n) is 4.66. The van der Waals surface area contributed by atoms with Gasteiger partial charge in [-0.05, 0) is 26.8 Å². The second-order valence-corrected chi connectivity index (χ2v) is 5.85. The van der Waals surface area contributed by atoms with E-state index < -0.39 is 0 Å². The van der Waals surface area contributed by atoms with Crippen molar-refractivity contribution >= 4 is 17.6 Å². The quantitative estimate of drug-likeness (QED) is 0.764. The Bertz CT molecular complexity index is 504. The van der Waals surface area contributed by atoms with Crippen LogP contribution in [0.2, 0.25) is 0 Å². The Labute approximate surface area is 129 Å². The lowest BCUT2D eigenvalue weighted by atomic mass is 10.4. The molecule has 0 bridgehead atoms. The molecule has 6 nitrogen and oxygen atoms in total. The molecule has 0 unspecified atom stereocenters. The van der Waals surface area contributed by atoms with Crippen LogP contribution >= 0.6 is 11.8 Å². The fraction of sp³-hybridized carbons (Fsp3) is 0.714. The van der Waals surface area contributed by atoms with Crippen molar-refractivity contribution < 1.29 is 9.47 Å². The van der Waals surface area contributed by atoms with Gasteiger partial charge in [0.2, 0.25) is 0 Å². The highest BCUT2D eigenvalue weighted by Gasteiger charge is 2.28. The van der Waals surface area contributed by atoms with Gasteiger partial charge in [0, 0.05) is 31.6 Å². The van der Waals surface area contributed by atoms with Crippen LogP contribution in [-0.4, -0.2) is 47.0 Å². The van der Waals surface area contributed by atoms with Crippen molar-refractivity contribution in [1.29, 1.82) is 0 Å². The topological polar surface area (TPSA) is 56.6 Å². The molecule has 21 heavy (non-hydrogen) atoms. The average molecular weight is 313 g/mol. The molecule has 1 aliphatic rings. The highest BCUT2D eigenvalue weighted by atomic mass is 32.2. The summed E-state index contributed by atoms with van der Waals surface area (Å²) in [4.78, 5) is 18.4. The number of thioether (sulfide) groups is 1. The second kappa shape index (κ2) is 7.82. The zero-order chi connectivity index (χ0) is 15.2. The summed E-state index contributed by atoms with van der Waals surface area (Å²) in [6, 6.07) is 1.87. The maximum absolute atomic E-state index is 12.2. The smallest absolute Gasteiger partial charge is 0.351 e. The third-order valence-corrected chi connectivity index (χ3v) is 4.50. The normalized spacial score (nSPS) is 21.7. The molecule has 1 saturated heterocycles. The van der Waals surface area contributed by atoms with Crippen LogP contribution in [0.15, 0.2) is 17.1 Å². The van der Waals surface area contributed by atoms with E-state index in [0.29, 0.717) is 13.2 Å². The molecule has 7 heteroatoms. The largest absolute Gasteiger partial charge is 0.378 e. The first kappa shape index (κ1) is 16.3. The molecule has 1 aromatic heterocycles. The Morgan fingerprint density at radius 2 is 2.24 bits per heavy atom. The first-order valence-corrected chi connectivity index (χ1v) is 8.43. The average Bonchev–Trinajstić information content (AvgIpc) is 2.95. The number of anilines is 1. The molecular formula is C14H23N3O3S. The predicted molar refractivity (Wildman–Crippen MR) is 84.9 cm³/mol. The summed E-state index contributed by atoms with van der Waals surface area (Å²) >= 11 is 1.67. The summed E-state index contributed by atoms with van der Waals surface area (Å²) in [6.45, 7) is 8.94. The van der Waals surface area contributed by atoms with Crippen molar-refractivity contribution in [2.75, 3.05) is 37.0 Å². The van der Waals surface area contributed by atoms with Gasteiger partial charge in [-0.25, -0.2) is 4.79 Å². The molecule has 0 N–H and O–H groups in total. The molecule has 2 atom stereocenters. The van der Waals surface area contributed by atoms with Crippen LogP contribution < -0.4 is 10.6 Å². The molecule has 1 fully saturated rings. The van der Waals surface area contributed by atoms with Gasteiger partial charge < -0.3 is 14.4 Å². The van der Waals surface area contributed by atoms with E-state index in [1.54, 1.807) is 22.5 Å². The van der Waals surface area contributed by atoms with Crippen LogP contribution in [0, 0.1) is 0 Å². The van der Waals surface area contributed by atoms with Crippen molar-refractivity contribution in [2.24, 2.45) is 0 Å². The fourth-order valence-corrected chi connectivity index (χ4v) is 3.26. The molecule has 1 aliphatic heterocycles. The number of hydrogen-bond acceptors (Lipinski definition) is 6. The van der Waals surface area contributed by atoms with Crippen molar-refractivity contribution in [1.82, 2.24) is 9.55 Å². The molecule has 0 aliphatic carbocycles.